The molecule has 2 aliphatic rings. The predicted molar refractivity (Wildman–Crippen MR) is 138 cm³/mol. The van der Waals surface area contributed by atoms with Crippen molar-refractivity contribution < 1.29 is 4.79 Å². The molecule has 0 bridgehead atoms. The Balaban J connectivity index is 1.10. The first-order valence-corrected chi connectivity index (χ1v) is 12.6. The number of aromatic nitrogens is 6. The van der Waals surface area contributed by atoms with Crippen LogP contribution in [0.25, 0.3) is 22.3 Å². The van der Waals surface area contributed by atoms with Crippen LogP contribution in [-0.2, 0) is 17.9 Å². The van der Waals surface area contributed by atoms with E-state index in [-0.39, 0.29) is 17.9 Å². The minimum Gasteiger partial charge on any atom is -0.351 e. The summed E-state index contributed by atoms with van der Waals surface area (Å²) in [6.07, 6.45) is 9.15. The molecule has 36 heavy (non-hydrogen) atoms. The van der Waals surface area contributed by atoms with E-state index >= 15 is 0 Å². The lowest BCUT2D eigenvalue weighted by Gasteiger charge is -2.34. The van der Waals surface area contributed by atoms with E-state index in [1.165, 1.54) is 0 Å². The zero-order chi connectivity index (χ0) is 24.6. The fourth-order valence-electron chi connectivity index (χ4n) is 5.47. The molecule has 0 atom stereocenters. The first-order valence-electron chi connectivity index (χ1n) is 12.6. The molecular formula is C27H30N8O. The topological polar surface area (TPSA) is 93.8 Å². The molecule has 3 aromatic heterocycles. The molecule has 4 heterocycles. The van der Waals surface area contributed by atoms with Crippen molar-refractivity contribution in [1.29, 1.82) is 0 Å². The molecule has 0 spiro atoms. The molecular weight excluding hydrogens is 452 g/mol. The predicted octanol–water partition coefficient (Wildman–Crippen LogP) is 4.06. The molecule has 1 saturated carbocycles. The minimum atomic E-state index is 0.0681. The number of allylic oxidation sites excluding steroid dienone is 1. The number of benzene rings is 1. The van der Waals surface area contributed by atoms with Crippen LogP contribution in [0.3, 0.4) is 0 Å². The van der Waals surface area contributed by atoms with Crippen LogP contribution in [0.4, 0.5) is 5.95 Å². The van der Waals surface area contributed by atoms with Gasteiger partial charge in [-0.05, 0) is 56.4 Å². The molecule has 1 aliphatic heterocycles. The van der Waals surface area contributed by atoms with Crippen LogP contribution in [0.5, 0.6) is 0 Å². The monoisotopic (exact) mass is 482 g/mol. The van der Waals surface area contributed by atoms with Crippen molar-refractivity contribution in [3.8, 4) is 5.82 Å². The van der Waals surface area contributed by atoms with Gasteiger partial charge in [-0.2, -0.15) is 4.98 Å². The lowest BCUT2D eigenvalue weighted by Crippen LogP contribution is -2.43. The quantitative estimate of drug-likeness (QED) is 0.461. The van der Waals surface area contributed by atoms with Gasteiger partial charge in [-0.1, -0.05) is 24.3 Å². The molecule has 4 aromatic rings. The molecule has 0 saturated heterocycles. The number of carbonyl (C=O) groups is 1. The van der Waals surface area contributed by atoms with Crippen molar-refractivity contribution >= 4 is 28.3 Å². The van der Waals surface area contributed by atoms with Gasteiger partial charge in [0.05, 0.1) is 12.1 Å². The van der Waals surface area contributed by atoms with Gasteiger partial charge in [0.25, 0.3) is 0 Å². The zero-order valence-corrected chi connectivity index (χ0v) is 20.5. The highest BCUT2D eigenvalue weighted by molar-refractivity contribution is 5.92. The highest BCUT2D eigenvalue weighted by atomic mass is 16.2. The molecule has 1 amide bonds. The molecule has 0 radical (unpaired) electrons. The molecule has 9 nitrogen and oxygen atoms in total. The van der Waals surface area contributed by atoms with Crippen molar-refractivity contribution in [1.82, 2.24) is 34.2 Å². The molecule has 184 valence electrons. The highest BCUT2D eigenvalue weighted by Gasteiger charge is 2.31. The van der Waals surface area contributed by atoms with Crippen LogP contribution in [0, 0.1) is 5.92 Å². The average molecular weight is 483 g/mol. The lowest BCUT2D eigenvalue weighted by molar-refractivity contribution is -0.138. The first-order chi connectivity index (χ1) is 17.6. The van der Waals surface area contributed by atoms with Gasteiger partial charge in [0.15, 0.2) is 5.82 Å². The Morgan fingerprint density at radius 3 is 2.81 bits per heavy atom. The second-order valence-electron chi connectivity index (χ2n) is 9.84. The summed E-state index contributed by atoms with van der Waals surface area (Å²) < 4.78 is 4.11. The maximum atomic E-state index is 13.1. The second kappa shape index (κ2) is 9.22. The maximum Gasteiger partial charge on any atom is 0.226 e. The number of nitrogens with one attached hydrogen (secondary N) is 1. The van der Waals surface area contributed by atoms with Crippen molar-refractivity contribution in [2.45, 2.75) is 51.7 Å². The third-order valence-corrected chi connectivity index (χ3v) is 7.44. The number of amides is 1. The number of hydrogen-bond acceptors (Lipinski definition) is 6. The van der Waals surface area contributed by atoms with Crippen LogP contribution in [-0.4, -0.2) is 52.7 Å². The van der Waals surface area contributed by atoms with Crippen molar-refractivity contribution in [2.24, 2.45) is 5.92 Å². The number of nitrogens with zero attached hydrogens (tertiary/aromatic N) is 7. The summed E-state index contributed by atoms with van der Waals surface area (Å²) in [5, 5.41) is 12.8. The van der Waals surface area contributed by atoms with Gasteiger partial charge in [-0.25, -0.2) is 4.98 Å². The third-order valence-electron chi connectivity index (χ3n) is 7.44. The summed E-state index contributed by atoms with van der Waals surface area (Å²) >= 11 is 0. The Hall–Kier alpha value is -4.01. The van der Waals surface area contributed by atoms with Crippen LogP contribution in [0.15, 0.2) is 55.6 Å². The van der Waals surface area contributed by atoms with Gasteiger partial charge in [0.1, 0.15) is 12.1 Å². The number of hydrogen-bond donors (Lipinski definition) is 1. The van der Waals surface area contributed by atoms with Gasteiger partial charge in [0.2, 0.25) is 11.9 Å². The van der Waals surface area contributed by atoms with E-state index in [2.05, 4.69) is 55.9 Å². The summed E-state index contributed by atoms with van der Waals surface area (Å²) in [5.41, 5.74) is 3.28. The average Bonchev–Trinajstić information content (AvgIpc) is 3.55. The Morgan fingerprint density at radius 1 is 1.11 bits per heavy atom. The van der Waals surface area contributed by atoms with E-state index in [1.54, 1.807) is 12.5 Å². The van der Waals surface area contributed by atoms with E-state index in [0.717, 1.165) is 72.5 Å². The molecule has 1 N–H and O–H groups in total. The summed E-state index contributed by atoms with van der Waals surface area (Å²) in [7, 11) is 0. The highest BCUT2D eigenvalue weighted by Crippen LogP contribution is 2.30. The summed E-state index contributed by atoms with van der Waals surface area (Å²) in [4.78, 5) is 24.3. The fourth-order valence-corrected chi connectivity index (χ4v) is 5.47. The summed E-state index contributed by atoms with van der Waals surface area (Å²) in [6.45, 7) is 8.19. The standard InChI is InChI=1S/C27H30N8O/c1-18(2)21-4-3-5-23-22(21)11-13-35(23)24-10-12-28-27(31-24)30-20-8-6-19(7-9-20)26(36)33-14-15-34-17-29-32-25(34)16-33/h3-5,10-13,17,19-20H,1,6-9,14-16H2,2H3,(H,28,30,31). The lowest BCUT2D eigenvalue weighted by atomic mass is 9.85. The Labute approximate surface area is 209 Å². The molecule has 1 aromatic carbocycles. The molecule has 9 heteroatoms. The van der Waals surface area contributed by atoms with Gasteiger partial charge >= 0.3 is 0 Å². The Morgan fingerprint density at radius 2 is 1.97 bits per heavy atom. The van der Waals surface area contributed by atoms with Crippen LogP contribution in [0.1, 0.15) is 44.0 Å². The fraction of sp³-hybridized carbons (Fsp3) is 0.370. The van der Waals surface area contributed by atoms with E-state index in [0.29, 0.717) is 12.5 Å². The zero-order valence-electron chi connectivity index (χ0n) is 20.5. The Bertz CT molecular complexity index is 1430. The first kappa shape index (κ1) is 22.5. The molecule has 6 rings (SSSR count). The van der Waals surface area contributed by atoms with Gasteiger partial charge in [-0.15, -0.1) is 10.2 Å². The van der Waals surface area contributed by atoms with Crippen LogP contribution < -0.4 is 5.32 Å². The maximum absolute atomic E-state index is 13.1. The van der Waals surface area contributed by atoms with Gasteiger partial charge < -0.3 is 19.4 Å². The van der Waals surface area contributed by atoms with Gasteiger partial charge in [0, 0.05) is 42.8 Å². The van der Waals surface area contributed by atoms with E-state index in [9.17, 15) is 4.79 Å². The normalized spacial score (nSPS) is 19.8. The van der Waals surface area contributed by atoms with Crippen molar-refractivity contribution in [2.75, 3.05) is 11.9 Å². The largest absolute Gasteiger partial charge is 0.351 e. The second-order valence-corrected chi connectivity index (χ2v) is 9.84. The van der Waals surface area contributed by atoms with Crippen LogP contribution in [0.2, 0.25) is 0 Å². The van der Waals surface area contributed by atoms with Crippen molar-refractivity contribution in [3.63, 3.8) is 0 Å². The summed E-state index contributed by atoms with van der Waals surface area (Å²) in [6, 6.07) is 10.5. The third kappa shape index (κ3) is 4.14. The van der Waals surface area contributed by atoms with Crippen molar-refractivity contribution in [3.05, 3.63) is 67.0 Å². The number of fused-ring (bicyclic) bond motifs is 2. The minimum absolute atomic E-state index is 0.0681. The molecule has 1 aliphatic carbocycles. The SMILES string of the molecule is C=C(C)c1cccc2c1ccn2-c1ccnc(NC2CCC(C(=O)N3CCn4cnnc4C3)CC2)n1. The molecule has 1 fully saturated rings. The summed E-state index contributed by atoms with van der Waals surface area (Å²) in [5.74, 6) is 2.63. The van der Waals surface area contributed by atoms with Gasteiger partial charge in [-0.3, -0.25) is 4.79 Å². The van der Waals surface area contributed by atoms with E-state index < -0.39 is 0 Å². The number of anilines is 1. The number of rotatable bonds is 5. The van der Waals surface area contributed by atoms with E-state index in [1.807, 2.05) is 28.7 Å². The van der Waals surface area contributed by atoms with Crippen LogP contribution >= 0.6 is 0 Å². The number of carbonyl (C=O) groups excluding carboxylic acids is 1. The van der Waals surface area contributed by atoms with E-state index in [4.69, 9.17) is 4.98 Å². The smallest absolute Gasteiger partial charge is 0.226 e. The molecule has 0 unspecified atom stereocenters. The Kier molecular flexibility index (Phi) is 5.75.